The summed E-state index contributed by atoms with van der Waals surface area (Å²) in [6.07, 6.45) is 15.8. The Morgan fingerprint density at radius 3 is 1.79 bits per heavy atom. The molecule has 0 fully saturated rings. The lowest BCUT2D eigenvalue weighted by Crippen LogP contribution is -2.22. The summed E-state index contributed by atoms with van der Waals surface area (Å²) in [5.41, 5.74) is 0. The summed E-state index contributed by atoms with van der Waals surface area (Å²) in [5.74, 6) is -0.885. The standard InChI is InChI=1S/C20H38O4/c1-4-6-7-8-9-10-11-12-13-14-16-19(15-5-2)24-20(22)17-23-18(3)21/h19H,4-17H2,1-3H3. The van der Waals surface area contributed by atoms with Crippen molar-refractivity contribution in [1.29, 1.82) is 0 Å². The van der Waals surface area contributed by atoms with Crippen molar-refractivity contribution in [2.24, 2.45) is 0 Å². The topological polar surface area (TPSA) is 52.6 Å². The Labute approximate surface area is 148 Å². The van der Waals surface area contributed by atoms with Gasteiger partial charge in [0, 0.05) is 6.92 Å². The predicted octanol–water partition coefficient (Wildman–Crippen LogP) is 5.57. The molecular weight excluding hydrogens is 304 g/mol. The molecule has 0 saturated carbocycles. The average Bonchev–Trinajstić information content (AvgIpc) is 2.54. The third-order valence-electron chi connectivity index (χ3n) is 4.18. The Balaban J connectivity index is 3.63. The molecule has 0 aromatic carbocycles. The molecule has 0 radical (unpaired) electrons. The number of carbonyl (C=O) groups is 2. The summed E-state index contributed by atoms with van der Waals surface area (Å²) in [6.45, 7) is 5.36. The zero-order valence-corrected chi connectivity index (χ0v) is 16.1. The monoisotopic (exact) mass is 342 g/mol. The highest BCUT2D eigenvalue weighted by Gasteiger charge is 2.14. The Kier molecular flexibility index (Phi) is 16.0. The van der Waals surface area contributed by atoms with Crippen LogP contribution >= 0.6 is 0 Å². The Morgan fingerprint density at radius 1 is 0.750 bits per heavy atom. The first-order valence-corrected chi connectivity index (χ1v) is 9.93. The first-order chi connectivity index (χ1) is 11.6. The highest BCUT2D eigenvalue weighted by Crippen LogP contribution is 2.15. The van der Waals surface area contributed by atoms with Gasteiger partial charge in [-0.05, 0) is 19.3 Å². The highest BCUT2D eigenvalue weighted by molar-refractivity contribution is 5.75. The maximum Gasteiger partial charge on any atom is 0.344 e. The average molecular weight is 343 g/mol. The van der Waals surface area contributed by atoms with Gasteiger partial charge in [0.2, 0.25) is 0 Å². The molecule has 0 saturated heterocycles. The van der Waals surface area contributed by atoms with Gasteiger partial charge in [0.05, 0.1) is 0 Å². The van der Waals surface area contributed by atoms with Crippen LogP contribution in [0.5, 0.6) is 0 Å². The highest BCUT2D eigenvalue weighted by atomic mass is 16.6. The maximum absolute atomic E-state index is 11.6. The molecule has 4 nitrogen and oxygen atoms in total. The van der Waals surface area contributed by atoms with Crippen LogP contribution in [-0.4, -0.2) is 24.6 Å². The van der Waals surface area contributed by atoms with Crippen LogP contribution in [0, 0.1) is 0 Å². The number of esters is 2. The molecule has 1 unspecified atom stereocenters. The van der Waals surface area contributed by atoms with Gasteiger partial charge in [-0.2, -0.15) is 0 Å². The molecule has 0 aliphatic rings. The van der Waals surface area contributed by atoms with E-state index < -0.39 is 11.9 Å². The van der Waals surface area contributed by atoms with Gasteiger partial charge in [-0.1, -0.05) is 78.1 Å². The van der Waals surface area contributed by atoms with Gasteiger partial charge in [0.15, 0.2) is 6.61 Å². The normalized spacial score (nSPS) is 12.0. The van der Waals surface area contributed by atoms with Gasteiger partial charge in [-0.25, -0.2) is 4.79 Å². The number of hydrogen-bond acceptors (Lipinski definition) is 4. The van der Waals surface area contributed by atoms with Crippen molar-refractivity contribution in [3.63, 3.8) is 0 Å². The zero-order chi connectivity index (χ0) is 18.0. The lowest BCUT2D eigenvalue weighted by atomic mass is 10.0. The Hall–Kier alpha value is -1.06. The van der Waals surface area contributed by atoms with Crippen molar-refractivity contribution in [2.45, 2.75) is 110 Å². The minimum atomic E-state index is -0.450. The molecule has 24 heavy (non-hydrogen) atoms. The summed E-state index contributed by atoms with van der Waals surface area (Å²) >= 11 is 0. The largest absolute Gasteiger partial charge is 0.460 e. The first-order valence-electron chi connectivity index (χ1n) is 9.93. The van der Waals surface area contributed by atoms with Crippen LogP contribution in [0.4, 0.5) is 0 Å². The number of hydrogen-bond donors (Lipinski definition) is 0. The summed E-state index contributed by atoms with van der Waals surface area (Å²) in [7, 11) is 0. The fourth-order valence-corrected chi connectivity index (χ4v) is 2.82. The van der Waals surface area contributed by atoms with E-state index in [-0.39, 0.29) is 12.7 Å². The smallest absolute Gasteiger partial charge is 0.344 e. The third-order valence-corrected chi connectivity index (χ3v) is 4.18. The van der Waals surface area contributed by atoms with Gasteiger partial charge in [-0.15, -0.1) is 0 Å². The number of unbranched alkanes of at least 4 members (excludes halogenated alkanes) is 9. The molecule has 0 aromatic rings. The predicted molar refractivity (Wildman–Crippen MR) is 97.9 cm³/mol. The van der Waals surface area contributed by atoms with Crippen LogP contribution in [-0.2, 0) is 19.1 Å². The minimum absolute atomic E-state index is 0.0351. The molecule has 0 rings (SSSR count). The molecule has 0 spiro atoms. The molecule has 0 bridgehead atoms. The minimum Gasteiger partial charge on any atom is -0.460 e. The van der Waals surface area contributed by atoms with Crippen molar-refractivity contribution in [2.75, 3.05) is 6.61 Å². The number of ether oxygens (including phenoxy) is 2. The van der Waals surface area contributed by atoms with Gasteiger partial charge in [0.1, 0.15) is 6.10 Å². The van der Waals surface area contributed by atoms with Crippen molar-refractivity contribution in [3.8, 4) is 0 Å². The summed E-state index contributed by atoms with van der Waals surface area (Å²) in [6, 6.07) is 0. The zero-order valence-electron chi connectivity index (χ0n) is 16.1. The van der Waals surface area contributed by atoms with Gasteiger partial charge in [0.25, 0.3) is 0 Å². The van der Waals surface area contributed by atoms with Crippen LogP contribution in [0.2, 0.25) is 0 Å². The van der Waals surface area contributed by atoms with E-state index >= 15 is 0 Å². The van der Waals surface area contributed by atoms with E-state index in [1.54, 1.807) is 0 Å². The molecule has 0 heterocycles. The summed E-state index contributed by atoms with van der Waals surface area (Å²) in [5, 5.41) is 0. The van der Waals surface area contributed by atoms with Crippen molar-refractivity contribution in [3.05, 3.63) is 0 Å². The van der Waals surface area contributed by atoms with Crippen molar-refractivity contribution < 1.29 is 19.1 Å². The van der Waals surface area contributed by atoms with E-state index in [1.165, 1.54) is 64.7 Å². The molecule has 0 aliphatic carbocycles. The molecule has 4 heteroatoms. The lowest BCUT2D eigenvalue weighted by molar-refractivity contribution is -0.161. The third kappa shape index (κ3) is 15.8. The second-order valence-corrected chi connectivity index (χ2v) is 6.65. The van der Waals surface area contributed by atoms with E-state index in [9.17, 15) is 9.59 Å². The van der Waals surface area contributed by atoms with Gasteiger partial charge < -0.3 is 9.47 Å². The van der Waals surface area contributed by atoms with E-state index in [4.69, 9.17) is 4.74 Å². The Morgan fingerprint density at radius 2 is 1.29 bits per heavy atom. The van der Waals surface area contributed by atoms with Crippen LogP contribution in [0.15, 0.2) is 0 Å². The quantitative estimate of drug-likeness (QED) is 0.272. The Bertz CT molecular complexity index is 315. The van der Waals surface area contributed by atoms with E-state index in [1.807, 2.05) is 0 Å². The molecule has 142 valence electrons. The van der Waals surface area contributed by atoms with Crippen molar-refractivity contribution >= 4 is 11.9 Å². The van der Waals surface area contributed by atoms with E-state index in [0.717, 1.165) is 25.7 Å². The van der Waals surface area contributed by atoms with E-state index in [2.05, 4.69) is 18.6 Å². The second kappa shape index (κ2) is 16.8. The SMILES string of the molecule is CCCCCCCCCCCCC(CCC)OC(=O)COC(C)=O. The van der Waals surface area contributed by atoms with Gasteiger partial charge >= 0.3 is 11.9 Å². The van der Waals surface area contributed by atoms with Crippen LogP contribution in [0.1, 0.15) is 104 Å². The van der Waals surface area contributed by atoms with Crippen LogP contribution in [0.25, 0.3) is 0 Å². The molecular formula is C20H38O4. The first kappa shape index (κ1) is 22.9. The van der Waals surface area contributed by atoms with Crippen molar-refractivity contribution in [1.82, 2.24) is 0 Å². The van der Waals surface area contributed by atoms with E-state index in [0.29, 0.717) is 0 Å². The van der Waals surface area contributed by atoms with Crippen LogP contribution in [0.3, 0.4) is 0 Å². The maximum atomic E-state index is 11.6. The molecule has 0 aliphatic heterocycles. The van der Waals surface area contributed by atoms with Crippen LogP contribution < -0.4 is 0 Å². The number of carbonyl (C=O) groups excluding carboxylic acids is 2. The molecule has 0 aromatic heterocycles. The molecule has 0 amide bonds. The van der Waals surface area contributed by atoms with Gasteiger partial charge in [-0.3, -0.25) is 4.79 Å². The molecule has 0 N–H and O–H groups in total. The number of rotatable bonds is 16. The fourth-order valence-electron chi connectivity index (χ4n) is 2.82. The second-order valence-electron chi connectivity index (χ2n) is 6.65. The lowest BCUT2D eigenvalue weighted by Gasteiger charge is -2.17. The summed E-state index contributed by atoms with van der Waals surface area (Å²) in [4.78, 5) is 22.3. The fraction of sp³-hybridized carbons (Fsp3) is 0.900. The molecule has 1 atom stereocenters. The summed E-state index contributed by atoms with van der Waals surface area (Å²) < 4.78 is 10.1.